The number of nitrogen functional groups attached to an aromatic ring is 1. The second-order valence-corrected chi connectivity index (χ2v) is 13.9. The predicted molar refractivity (Wildman–Crippen MR) is 176 cm³/mol. The highest BCUT2D eigenvalue weighted by molar-refractivity contribution is 5.88. The summed E-state index contributed by atoms with van der Waals surface area (Å²) in [6.07, 6.45) is 8.17. The third-order valence-corrected chi connectivity index (χ3v) is 9.02. The highest BCUT2D eigenvalue weighted by atomic mass is 16.3. The Balaban J connectivity index is 1.08. The number of aliphatic hydroxyl groups excluding tert-OH is 1. The van der Waals surface area contributed by atoms with Gasteiger partial charge in [0.05, 0.1) is 18.0 Å². The first-order valence-electron chi connectivity index (χ1n) is 16.4. The molecule has 12 nitrogen and oxygen atoms in total. The van der Waals surface area contributed by atoms with E-state index in [0.29, 0.717) is 48.9 Å². The normalized spacial score (nSPS) is 19.7. The Bertz CT molecular complexity index is 1500. The van der Waals surface area contributed by atoms with Gasteiger partial charge in [0.2, 0.25) is 11.8 Å². The number of carbonyl (C=O) groups excluding carboxylic acids is 2. The Labute approximate surface area is 271 Å². The van der Waals surface area contributed by atoms with Crippen LogP contribution in [0.15, 0.2) is 42.7 Å². The molecule has 248 valence electrons. The average molecular weight is 633 g/mol. The Hall–Kier alpha value is -4.03. The molecule has 0 aliphatic carbocycles. The lowest BCUT2D eigenvalue weighted by Crippen LogP contribution is -2.54. The Morgan fingerprint density at radius 3 is 2.63 bits per heavy atom. The van der Waals surface area contributed by atoms with Gasteiger partial charge in [0, 0.05) is 55.5 Å². The van der Waals surface area contributed by atoms with E-state index in [2.05, 4.69) is 25.5 Å². The number of benzene rings is 1. The second kappa shape index (κ2) is 14.6. The zero-order chi connectivity index (χ0) is 32.8. The van der Waals surface area contributed by atoms with Crippen molar-refractivity contribution in [3.63, 3.8) is 0 Å². The Kier molecular flexibility index (Phi) is 10.6. The summed E-state index contributed by atoms with van der Waals surface area (Å²) in [5.74, 6) is 0.686. The Morgan fingerprint density at radius 1 is 1.09 bits per heavy atom. The summed E-state index contributed by atoms with van der Waals surface area (Å²) in [5.41, 5.74) is 8.47. The van der Waals surface area contributed by atoms with Crippen LogP contribution in [0.1, 0.15) is 59.3 Å². The highest BCUT2D eigenvalue weighted by Crippen LogP contribution is 2.32. The third kappa shape index (κ3) is 8.41. The molecule has 2 aromatic heterocycles. The molecular weight excluding hydrogens is 584 g/mol. The van der Waals surface area contributed by atoms with Crippen LogP contribution in [0.4, 0.5) is 5.82 Å². The van der Waals surface area contributed by atoms with Crippen LogP contribution in [0.5, 0.6) is 5.75 Å². The van der Waals surface area contributed by atoms with E-state index in [1.807, 2.05) is 43.8 Å². The highest BCUT2D eigenvalue weighted by Gasteiger charge is 2.37. The van der Waals surface area contributed by atoms with E-state index in [1.54, 1.807) is 29.3 Å². The van der Waals surface area contributed by atoms with Crippen molar-refractivity contribution in [3.05, 3.63) is 42.7 Å². The van der Waals surface area contributed by atoms with Crippen molar-refractivity contribution in [2.75, 3.05) is 38.5 Å². The quantitative estimate of drug-likeness (QED) is 0.232. The van der Waals surface area contributed by atoms with Crippen LogP contribution in [-0.2, 0) is 16.1 Å². The number of anilines is 1. The minimum Gasteiger partial charge on any atom is -0.507 e. The number of carbonyl (C=O) groups is 2. The summed E-state index contributed by atoms with van der Waals surface area (Å²) in [6.45, 7) is 10.5. The molecule has 5 N–H and O–H groups in total. The van der Waals surface area contributed by atoms with E-state index in [4.69, 9.17) is 5.73 Å². The Morgan fingerprint density at radius 2 is 1.89 bits per heavy atom. The first kappa shape index (κ1) is 33.3. The summed E-state index contributed by atoms with van der Waals surface area (Å²) in [7, 11) is 0. The van der Waals surface area contributed by atoms with E-state index in [-0.39, 0.29) is 17.6 Å². The number of unbranched alkanes of at least 4 members (excludes halogenated alkanes) is 1. The number of phenolic OH excluding ortho intramolecular Hbond substituents is 1. The number of aliphatic hydroxyl groups is 1. The number of nitrogens with one attached hydrogen (secondary N) is 1. The number of rotatable bonds is 11. The van der Waals surface area contributed by atoms with Gasteiger partial charge in [0.1, 0.15) is 11.8 Å². The summed E-state index contributed by atoms with van der Waals surface area (Å²) in [5, 5.41) is 36.0. The molecule has 4 heterocycles. The van der Waals surface area contributed by atoms with Gasteiger partial charge in [-0.05, 0) is 74.7 Å². The smallest absolute Gasteiger partial charge is 0.245 e. The maximum atomic E-state index is 13.1. The van der Waals surface area contributed by atoms with Gasteiger partial charge < -0.3 is 31.1 Å². The molecule has 0 radical (unpaired) electrons. The number of phenols is 1. The summed E-state index contributed by atoms with van der Waals surface area (Å²) >= 11 is 0. The molecule has 0 spiro atoms. The van der Waals surface area contributed by atoms with Gasteiger partial charge in [-0.2, -0.15) is 5.10 Å². The lowest BCUT2D eigenvalue weighted by Gasteiger charge is -2.33. The van der Waals surface area contributed by atoms with E-state index in [0.717, 1.165) is 63.0 Å². The molecule has 5 rings (SSSR count). The van der Waals surface area contributed by atoms with Gasteiger partial charge in [0.25, 0.3) is 0 Å². The summed E-state index contributed by atoms with van der Waals surface area (Å²) in [6, 6.07) is 8.23. The molecule has 0 saturated carbocycles. The number of likely N-dealkylation sites (tertiary alicyclic amines) is 2. The molecule has 3 aromatic rings. The van der Waals surface area contributed by atoms with Crippen molar-refractivity contribution in [2.24, 2.45) is 11.3 Å². The molecule has 0 bridgehead atoms. The predicted octanol–water partition coefficient (Wildman–Crippen LogP) is 3.30. The molecular formula is C34H48N8O4. The van der Waals surface area contributed by atoms with E-state index < -0.39 is 17.6 Å². The van der Waals surface area contributed by atoms with Crippen LogP contribution in [0.3, 0.4) is 0 Å². The third-order valence-electron chi connectivity index (χ3n) is 9.02. The number of piperidine rings is 1. The van der Waals surface area contributed by atoms with Crippen LogP contribution in [0.2, 0.25) is 0 Å². The zero-order valence-electron chi connectivity index (χ0n) is 27.2. The topological polar surface area (TPSA) is 163 Å². The zero-order valence-corrected chi connectivity index (χ0v) is 27.2. The minimum atomic E-state index is -0.610. The standard InChI is InChI=1S/C34H48N8O4/c1-34(2,3)31(33(46)41-16-13-25(43)22-41)37-30(45)12-6-7-14-40-15-8-9-23(19-40)20-42-21-24(18-36-42)27-17-28(38-39-32(27)35)26-10-4-5-11-29(26)44/h4-5,10-11,17-18,21,23,25,31,43-44H,6-9,12-16,19-20,22H2,1-3H3,(H2,35,39)(H,37,45)/t23-,25+,31+/m0/s1. The number of para-hydroxylation sites is 1. The molecule has 3 atom stereocenters. The number of hydrogen-bond acceptors (Lipinski definition) is 9. The van der Waals surface area contributed by atoms with Gasteiger partial charge in [-0.3, -0.25) is 14.3 Å². The van der Waals surface area contributed by atoms with E-state index >= 15 is 0 Å². The van der Waals surface area contributed by atoms with Crippen LogP contribution in [0.25, 0.3) is 22.4 Å². The fourth-order valence-corrected chi connectivity index (χ4v) is 6.45. The molecule has 2 aliphatic rings. The van der Waals surface area contributed by atoms with Crippen molar-refractivity contribution in [1.82, 2.24) is 35.1 Å². The number of aromatic nitrogens is 4. The van der Waals surface area contributed by atoms with Crippen molar-refractivity contribution in [3.8, 4) is 28.1 Å². The fraction of sp³-hybridized carbons (Fsp3) is 0.559. The van der Waals surface area contributed by atoms with Crippen LogP contribution >= 0.6 is 0 Å². The number of nitrogens with two attached hydrogens (primary N) is 1. The lowest BCUT2D eigenvalue weighted by atomic mass is 9.85. The fourth-order valence-electron chi connectivity index (χ4n) is 6.45. The van der Waals surface area contributed by atoms with Crippen LogP contribution in [0, 0.1) is 11.3 Å². The first-order valence-corrected chi connectivity index (χ1v) is 16.4. The molecule has 2 saturated heterocycles. The van der Waals surface area contributed by atoms with Crippen molar-refractivity contribution in [1.29, 1.82) is 0 Å². The lowest BCUT2D eigenvalue weighted by molar-refractivity contribution is -0.138. The largest absolute Gasteiger partial charge is 0.507 e. The van der Waals surface area contributed by atoms with E-state index in [9.17, 15) is 19.8 Å². The second-order valence-electron chi connectivity index (χ2n) is 13.9. The average Bonchev–Trinajstić information content (AvgIpc) is 3.67. The number of β-amino-alcohol motifs (C(OH)–C–C–N with tert-alkyl or cyclic N) is 1. The SMILES string of the molecule is CC(C)(C)[C@H](NC(=O)CCCCN1CCC[C@H](Cn2cc(-c3cc(-c4ccccc4O)nnc3N)cn2)C1)C(=O)N1CC[C@@H](O)C1. The maximum absolute atomic E-state index is 13.1. The van der Waals surface area contributed by atoms with Gasteiger partial charge in [-0.1, -0.05) is 32.9 Å². The van der Waals surface area contributed by atoms with Crippen LogP contribution in [-0.4, -0.2) is 96.7 Å². The number of amides is 2. The molecule has 2 fully saturated rings. The van der Waals surface area contributed by atoms with Gasteiger partial charge in [0.15, 0.2) is 5.82 Å². The van der Waals surface area contributed by atoms with Gasteiger partial charge in [-0.15, -0.1) is 10.2 Å². The van der Waals surface area contributed by atoms with Crippen molar-refractivity contribution >= 4 is 17.6 Å². The first-order chi connectivity index (χ1) is 22.0. The minimum absolute atomic E-state index is 0.100. The maximum Gasteiger partial charge on any atom is 0.245 e. The monoisotopic (exact) mass is 632 g/mol. The number of aromatic hydroxyl groups is 1. The molecule has 2 aliphatic heterocycles. The van der Waals surface area contributed by atoms with Crippen LogP contribution < -0.4 is 11.1 Å². The van der Waals surface area contributed by atoms with E-state index in [1.165, 1.54) is 0 Å². The van der Waals surface area contributed by atoms with Crippen molar-refractivity contribution < 1.29 is 19.8 Å². The summed E-state index contributed by atoms with van der Waals surface area (Å²) in [4.78, 5) is 30.1. The molecule has 2 amide bonds. The van der Waals surface area contributed by atoms with Gasteiger partial charge in [-0.25, -0.2) is 0 Å². The van der Waals surface area contributed by atoms with Crippen molar-refractivity contribution in [2.45, 2.75) is 78.0 Å². The summed E-state index contributed by atoms with van der Waals surface area (Å²) < 4.78 is 1.96. The van der Waals surface area contributed by atoms with Gasteiger partial charge >= 0.3 is 0 Å². The molecule has 12 heteroatoms. The molecule has 46 heavy (non-hydrogen) atoms. The number of nitrogens with zero attached hydrogens (tertiary/aromatic N) is 6. The molecule has 1 aromatic carbocycles. The number of hydrogen-bond donors (Lipinski definition) is 4. The molecule has 0 unspecified atom stereocenters.